The summed E-state index contributed by atoms with van der Waals surface area (Å²) in [5, 5.41) is 19.3. The third kappa shape index (κ3) is 2.88. The van der Waals surface area contributed by atoms with Crippen molar-refractivity contribution in [2.45, 2.75) is 39.7 Å². The molecule has 1 heterocycles. The molecule has 2 N–H and O–H groups in total. The van der Waals surface area contributed by atoms with E-state index in [-0.39, 0.29) is 5.95 Å². The summed E-state index contributed by atoms with van der Waals surface area (Å²) in [4.78, 5) is 14.9. The van der Waals surface area contributed by atoms with Crippen LogP contribution in [0.25, 0.3) is 0 Å². The predicted molar refractivity (Wildman–Crippen MR) is 59.3 cm³/mol. The standard InChI is InChI=1S/C10H16N4O2/c1-4-7-8(5-2)13-14-10(12-7)11-6(3)9(15)16/h6H,4-5H2,1-3H3,(H,15,16)(H,11,12,14)/t6-/m0/s1. The van der Waals surface area contributed by atoms with E-state index >= 15 is 0 Å². The smallest absolute Gasteiger partial charge is 0.325 e. The van der Waals surface area contributed by atoms with Gasteiger partial charge in [-0.2, -0.15) is 5.10 Å². The molecule has 0 saturated carbocycles. The zero-order valence-corrected chi connectivity index (χ0v) is 9.69. The highest BCUT2D eigenvalue weighted by atomic mass is 16.4. The van der Waals surface area contributed by atoms with Crippen molar-refractivity contribution in [1.29, 1.82) is 0 Å². The normalized spacial score (nSPS) is 12.2. The molecule has 0 fully saturated rings. The van der Waals surface area contributed by atoms with Crippen LogP contribution in [-0.2, 0) is 17.6 Å². The number of aryl methyl sites for hydroxylation is 2. The van der Waals surface area contributed by atoms with Gasteiger partial charge in [-0.05, 0) is 19.8 Å². The number of aromatic nitrogens is 3. The number of hydrogen-bond acceptors (Lipinski definition) is 5. The number of nitrogens with one attached hydrogen (secondary N) is 1. The van der Waals surface area contributed by atoms with Crippen molar-refractivity contribution in [3.05, 3.63) is 11.4 Å². The molecule has 1 rings (SSSR count). The first-order chi connectivity index (χ1) is 7.58. The van der Waals surface area contributed by atoms with Crippen molar-refractivity contribution in [1.82, 2.24) is 15.2 Å². The van der Waals surface area contributed by atoms with E-state index in [9.17, 15) is 4.79 Å². The van der Waals surface area contributed by atoms with Gasteiger partial charge in [0.2, 0.25) is 5.95 Å². The van der Waals surface area contributed by atoms with Crippen LogP contribution in [0.15, 0.2) is 0 Å². The fraction of sp³-hybridized carbons (Fsp3) is 0.600. The van der Waals surface area contributed by atoms with Gasteiger partial charge in [-0.3, -0.25) is 4.79 Å². The molecule has 6 heteroatoms. The molecule has 0 aromatic carbocycles. The maximum absolute atomic E-state index is 10.6. The Hall–Kier alpha value is -1.72. The molecule has 1 aromatic heterocycles. The SMILES string of the molecule is CCc1nnc(N[C@@H](C)C(=O)O)nc1CC. The number of anilines is 1. The zero-order valence-electron chi connectivity index (χ0n) is 9.69. The minimum absolute atomic E-state index is 0.268. The number of rotatable bonds is 5. The average molecular weight is 224 g/mol. The van der Waals surface area contributed by atoms with Crippen LogP contribution < -0.4 is 5.32 Å². The Morgan fingerprint density at radius 1 is 1.31 bits per heavy atom. The topological polar surface area (TPSA) is 88.0 Å². The van der Waals surface area contributed by atoms with Gasteiger partial charge < -0.3 is 10.4 Å². The van der Waals surface area contributed by atoms with Crippen LogP contribution in [0, 0.1) is 0 Å². The second-order valence-electron chi connectivity index (χ2n) is 3.44. The van der Waals surface area contributed by atoms with Gasteiger partial charge in [-0.25, -0.2) is 4.98 Å². The molecule has 0 spiro atoms. The molecule has 1 aromatic rings. The average Bonchev–Trinajstić information content (AvgIpc) is 2.28. The quantitative estimate of drug-likeness (QED) is 0.772. The van der Waals surface area contributed by atoms with Gasteiger partial charge in [0, 0.05) is 0 Å². The first kappa shape index (κ1) is 12.4. The van der Waals surface area contributed by atoms with Crippen molar-refractivity contribution >= 4 is 11.9 Å². The highest BCUT2D eigenvalue weighted by molar-refractivity contribution is 5.75. The molecule has 0 radical (unpaired) electrons. The fourth-order valence-corrected chi connectivity index (χ4v) is 1.25. The zero-order chi connectivity index (χ0) is 12.1. The number of hydrogen-bond donors (Lipinski definition) is 2. The van der Waals surface area contributed by atoms with E-state index in [1.54, 1.807) is 0 Å². The summed E-state index contributed by atoms with van der Waals surface area (Å²) in [5.74, 6) is -0.676. The number of carboxylic acid groups (broad SMARTS) is 1. The monoisotopic (exact) mass is 224 g/mol. The number of carboxylic acids is 1. The minimum Gasteiger partial charge on any atom is -0.480 e. The van der Waals surface area contributed by atoms with E-state index in [0.29, 0.717) is 0 Å². The van der Waals surface area contributed by atoms with Crippen LogP contribution in [0.4, 0.5) is 5.95 Å². The van der Waals surface area contributed by atoms with Crippen LogP contribution in [0.2, 0.25) is 0 Å². The van der Waals surface area contributed by atoms with Crippen molar-refractivity contribution in [2.75, 3.05) is 5.32 Å². The van der Waals surface area contributed by atoms with Gasteiger partial charge in [0.05, 0.1) is 11.4 Å². The fourth-order valence-electron chi connectivity index (χ4n) is 1.25. The van der Waals surface area contributed by atoms with Crippen LogP contribution in [0.5, 0.6) is 0 Å². The van der Waals surface area contributed by atoms with Gasteiger partial charge in [0.15, 0.2) is 0 Å². The van der Waals surface area contributed by atoms with Crippen LogP contribution in [0.1, 0.15) is 32.2 Å². The van der Waals surface area contributed by atoms with E-state index in [0.717, 1.165) is 24.2 Å². The maximum Gasteiger partial charge on any atom is 0.325 e. The Balaban J connectivity index is 2.86. The Morgan fingerprint density at radius 2 is 1.94 bits per heavy atom. The van der Waals surface area contributed by atoms with Crippen molar-refractivity contribution in [2.24, 2.45) is 0 Å². The molecule has 0 unspecified atom stereocenters. The van der Waals surface area contributed by atoms with E-state index in [1.165, 1.54) is 6.92 Å². The molecule has 0 aliphatic carbocycles. The summed E-state index contributed by atoms with van der Waals surface area (Å²) in [6, 6.07) is -0.723. The number of nitrogens with zero attached hydrogens (tertiary/aromatic N) is 3. The lowest BCUT2D eigenvalue weighted by molar-refractivity contribution is -0.137. The third-order valence-corrected chi connectivity index (χ3v) is 2.23. The summed E-state index contributed by atoms with van der Waals surface area (Å²) in [7, 11) is 0. The molecule has 0 aliphatic heterocycles. The van der Waals surface area contributed by atoms with Crippen molar-refractivity contribution < 1.29 is 9.90 Å². The van der Waals surface area contributed by atoms with E-state index in [1.807, 2.05) is 13.8 Å². The number of aliphatic carboxylic acids is 1. The highest BCUT2D eigenvalue weighted by Gasteiger charge is 2.13. The molecular formula is C10H16N4O2. The molecule has 0 bridgehead atoms. The maximum atomic E-state index is 10.6. The number of carbonyl (C=O) groups is 1. The first-order valence-corrected chi connectivity index (χ1v) is 5.30. The van der Waals surface area contributed by atoms with Gasteiger partial charge >= 0.3 is 5.97 Å². The molecule has 1 atom stereocenters. The predicted octanol–water partition coefficient (Wildman–Crippen LogP) is 0.881. The van der Waals surface area contributed by atoms with E-state index < -0.39 is 12.0 Å². The Labute approximate surface area is 94.1 Å². The summed E-state index contributed by atoms with van der Waals surface area (Å²) < 4.78 is 0. The summed E-state index contributed by atoms with van der Waals surface area (Å²) in [6.45, 7) is 5.50. The van der Waals surface area contributed by atoms with Crippen molar-refractivity contribution in [3.63, 3.8) is 0 Å². The third-order valence-electron chi connectivity index (χ3n) is 2.23. The Kier molecular flexibility index (Phi) is 4.16. The Morgan fingerprint density at radius 3 is 2.44 bits per heavy atom. The summed E-state index contributed by atoms with van der Waals surface area (Å²) in [6.07, 6.45) is 1.53. The van der Waals surface area contributed by atoms with Crippen LogP contribution in [-0.4, -0.2) is 32.3 Å². The largest absolute Gasteiger partial charge is 0.480 e. The van der Waals surface area contributed by atoms with Crippen molar-refractivity contribution in [3.8, 4) is 0 Å². The summed E-state index contributed by atoms with van der Waals surface area (Å²) in [5.41, 5.74) is 1.72. The molecule has 0 amide bonds. The van der Waals surface area contributed by atoms with Crippen LogP contribution >= 0.6 is 0 Å². The lowest BCUT2D eigenvalue weighted by atomic mass is 10.2. The lowest BCUT2D eigenvalue weighted by Gasteiger charge is -2.10. The minimum atomic E-state index is -0.943. The molecule has 0 aliphatic rings. The van der Waals surface area contributed by atoms with E-state index in [4.69, 9.17) is 5.11 Å². The summed E-state index contributed by atoms with van der Waals surface area (Å²) >= 11 is 0. The molecule has 6 nitrogen and oxygen atoms in total. The van der Waals surface area contributed by atoms with Crippen LogP contribution in [0.3, 0.4) is 0 Å². The first-order valence-electron chi connectivity index (χ1n) is 5.30. The molecular weight excluding hydrogens is 208 g/mol. The second-order valence-corrected chi connectivity index (χ2v) is 3.44. The highest BCUT2D eigenvalue weighted by Crippen LogP contribution is 2.07. The second kappa shape index (κ2) is 5.39. The van der Waals surface area contributed by atoms with Gasteiger partial charge in [0.1, 0.15) is 6.04 Å². The van der Waals surface area contributed by atoms with Gasteiger partial charge in [-0.15, -0.1) is 5.10 Å². The molecule has 16 heavy (non-hydrogen) atoms. The van der Waals surface area contributed by atoms with E-state index in [2.05, 4.69) is 20.5 Å². The van der Waals surface area contributed by atoms with Gasteiger partial charge in [0.25, 0.3) is 0 Å². The molecule has 0 saturated heterocycles. The Bertz CT molecular complexity index is 381. The lowest BCUT2D eigenvalue weighted by Crippen LogP contribution is -2.27. The molecule has 88 valence electrons. The van der Waals surface area contributed by atoms with Gasteiger partial charge in [-0.1, -0.05) is 13.8 Å².